The molecule has 5 heteroatoms. The zero-order valence-electron chi connectivity index (χ0n) is 13.5. The normalized spacial score (nSPS) is 13.5. The largest absolute Gasteiger partial charge is 0.492 e. The van der Waals surface area contributed by atoms with E-state index in [1.54, 1.807) is 23.9 Å². The zero-order valence-corrected chi connectivity index (χ0v) is 13.5. The summed E-state index contributed by atoms with van der Waals surface area (Å²) in [6, 6.07) is 15.5. The van der Waals surface area contributed by atoms with E-state index in [1.807, 2.05) is 48.5 Å². The van der Waals surface area contributed by atoms with Crippen molar-refractivity contribution >= 4 is 17.4 Å². The van der Waals surface area contributed by atoms with E-state index in [1.165, 1.54) is 0 Å². The number of anilines is 2. The van der Waals surface area contributed by atoms with Crippen molar-refractivity contribution in [2.24, 2.45) is 0 Å². The molecule has 1 N–H and O–H groups in total. The van der Waals surface area contributed by atoms with Gasteiger partial charge in [0, 0.05) is 32.7 Å². The third kappa shape index (κ3) is 3.29. The fourth-order valence-electron chi connectivity index (χ4n) is 2.59. The van der Waals surface area contributed by atoms with Crippen LogP contribution in [0.5, 0.6) is 5.75 Å². The molecule has 2 aromatic carbocycles. The molecule has 1 aliphatic heterocycles. The third-order valence-electron chi connectivity index (χ3n) is 3.74. The van der Waals surface area contributed by atoms with Gasteiger partial charge in [0.1, 0.15) is 12.4 Å². The standard InChI is InChI=1S/C18H21N3O2/c1-20(2)18(22)21(15-6-4-3-5-7-15)16-8-9-17-14(12-16)13-19-10-11-23-17/h3-9,12,19H,10-11,13H2,1-2H3. The summed E-state index contributed by atoms with van der Waals surface area (Å²) in [5.74, 6) is 0.879. The number of fused-ring (bicyclic) bond motifs is 1. The van der Waals surface area contributed by atoms with E-state index >= 15 is 0 Å². The van der Waals surface area contributed by atoms with E-state index < -0.39 is 0 Å². The Kier molecular flexibility index (Phi) is 4.48. The second-order valence-corrected chi connectivity index (χ2v) is 5.67. The molecule has 1 heterocycles. The minimum absolute atomic E-state index is 0.0846. The molecule has 120 valence electrons. The lowest BCUT2D eigenvalue weighted by Gasteiger charge is -2.27. The summed E-state index contributed by atoms with van der Waals surface area (Å²) >= 11 is 0. The molecule has 0 saturated carbocycles. The Bertz CT molecular complexity index is 686. The fraction of sp³-hybridized carbons (Fsp3) is 0.278. The Labute approximate surface area is 136 Å². The lowest BCUT2D eigenvalue weighted by atomic mass is 10.1. The predicted octanol–water partition coefficient (Wildman–Crippen LogP) is 2.99. The van der Waals surface area contributed by atoms with Gasteiger partial charge in [-0.2, -0.15) is 0 Å². The van der Waals surface area contributed by atoms with Gasteiger partial charge in [0.2, 0.25) is 0 Å². The summed E-state index contributed by atoms with van der Waals surface area (Å²) in [6.45, 7) is 2.22. The van der Waals surface area contributed by atoms with Crippen LogP contribution in [0.15, 0.2) is 48.5 Å². The number of benzene rings is 2. The smallest absolute Gasteiger partial charge is 0.328 e. The summed E-state index contributed by atoms with van der Waals surface area (Å²) in [5, 5.41) is 3.32. The van der Waals surface area contributed by atoms with Crippen LogP contribution in [0.1, 0.15) is 5.56 Å². The van der Waals surface area contributed by atoms with Gasteiger partial charge in [-0.3, -0.25) is 4.90 Å². The molecular weight excluding hydrogens is 290 g/mol. The van der Waals surface area contributed by atoms with Crippen LogP contribution < -0.4 is 15.0 Å². The maximum Gasteiger partial charge on any atom is 0.328 e. The molecule has 3 rings (SSSR count). The topological polar surface area (TPSA) is 44.8 Å². The number of amides is 2. The van der Waals surface area contributed by atoms with Gasteiger partial charge in [0.05, 0.1) is 11.4 Å². The molecule has 2 amide bonds. The number of ether oxygens (including phenoxy) is 1. The highest BCUT2D eigenvalue weighted by Gasteiger charge is 2.21. The number of urea groups is 1. The summed E-state index contributed by atoms with van der Waals surface area (Å²) in [5.41, 5.74) is 2.74. The Morgan fingerprint density at radius 3 is 2.61 bits per heavy atom. The van der Waals surface area contributed by atoms with Crippen molar-refractivity contribution in [3.63, 3.8) is 0 Å². The van der Waals surface area contributed by atoms with Crippen molar-refractivity contribution in [3.05, 3.63) is 54.1 Å². The number of hydrogen-bond acceptors (Lipinski definition) is 3. The predicted molar refractivity (Wildman–Crippen MR) is 91.3 cm³/mol. The average molecular weight is 311 g/mol. The Morgan fingerprint density at radius 2 is 1.87 bits per heavy atom. The molecule has 0 spiro atoms. The van der Waals surface area contributed by atoms with Crippen molar-refractivity contribution in [1.82, 2.24) is 10.2 Å². The molecule has 0 fully saturated rings. The first-order valence-electron chi connectivity index (χ1n) is 7.70. The highest BCUT2D eigenvalue weighted by atomic mass is 16.5. The molecule has 0 unspecified atom stereocenters. The van der Waals surface area contributed by atoms with E-state index in [0.29, 0.717) is 6.61 Å². The SMILES string of the molecule is CN(C)C(=O)N(c1ccccc1)c1ccc2c(c1)CNCCO2. The third-order valence-corrected chi connectivity index (χ3v) is 3.74. The highest BCUT2D eigenvalue weighted by molar-refractivity contribution is 5.99. The van der Waals surface area contributed by atoms with Gasteiger partial charge in [0.25, 0.3) is 0 Å². The number of carbonyl (C=O) groups is 1. The van der Waals surface area contributed by atoms with Crippen molar-refractivity contribution in [3.8, 4) is 5.75 Å². The Balaban J connectivity index is 2.03. The average Bonchev–Trinajstić information content (AvgIpc) is 2.81. The molecule has 0 atom stereocenters. The summed E-state index contributed by atoms with van der Waals surface area (Å²) in [6.07, 6.45) is 0. The number of carbonyl (C=O) groups excluding carboxylic acids is 1. The lowest BCUT2D eigenvalue weighted by Crippen LogP contribution is -2.36. The van der Waals surface area contributed by atoms with Gasteiger partial charge in [-0.25, -0.2) is 4.79 Å². The van der Waals surface area contributed by atoms with Gasteiger partial charge in [-0.05, 0) is 30.3 Å². The number of para-hydroxylation sites is 1. The van der Waals surface area contributed by atoms with Crippen molar-refractivity contribution in [2.75, 3.05) is 32.1 Å². The summed E-state index contributed by atoms with van der Waals surface area (Å²) < 4.78 is 5.72. The summed E-state index contributed by atoms with van der Waals surface area (Å²) in [4.78, 5) is 16.0. The lowest BCUT2D eigenvalue weighted by molar-refractivity contribution is 0.226. The summed E-state index contributed by atoms with van der Waals surface area (Å²) in [7, 11) is 3.51. The first kappa shape index (κ1) is 15.4. The molecular formula is C18H21N3O2. The van der Waals surface area contributed by atoms with Crippen molar-refractivity contribution in [2.45, 2.75) is 6.54 Å². The maximum atomic E-state index is 12.7. The Hall–Kier alpha value is -2.53. The van der Waals surface area contributed by atoms with Crippen LogP contribution in [0.3, 0.4) is 0 Å². The van der Waals surface area contributed by atoms with E-state index in [0.717, 1.165) is 35.8 Å². The molecule has 5 nitrogen and oxygen atoms in total. The number of rotatable bonds is 2. The minimum Gasteiger partial charge on any atom is -0.492 e. The van der Waals surface area contributed by atoms with Gasteiger partial charge in [0.15, 0.2) is 0 Å². The van der Waals surface area contributed by atoms with Gasteiger partial charge in [-0.1, -0.05) is 18.2 Å². The van der Waals surface area contributed by atoms with E-state index in [4.69, 9.17) is 4.74 Å². The van der Waals surface area contributed by atoms with Crippen molar-refractivity contribution < 1.29 is 9.53 Å². The number of nitrogens with one attached hydrogen (secondary N) is 1. The Morgan fingerprint density at radius 1 is 1.09 bits per heavy atom. The van der Waals surface area contributed by atoms with Crippen molar-refractivity contribution in [1.29, 1.82) is 0 Å². The highest BCUT2D eigenvalue weighted by Crippen LogP contribution is 2.31. The number of hydrogen-bond donors (Lipinski definition) is 1. The molecule has 0 saturated heterocycles. The van der Waals surface area contributed by atoms with Crippen LogP contribution in [-0.4, -0.2) is 38.2 Å². The maximum absolute atomic E-state index is 12.7. The van der Waals surface area contributed by atoms with Crippen LogP contribution >= 0.6 is 0 Å². The van der Waals surface area contributed by atoms with Gasteiger partial charge in [-0.15, -0.1) is 0 Å². The van der Waals surface area contributed by atoms with Gasteiger partial charge < -0.3 is 15.0 Å². The zero-order chi connectivity index (χ0) is 16.2. The van der Waals surface area contributed by atoms with Gasteiger partial charge >= 0.3 is 6.03 Å². The first-order valence-corrected chi connectivity index (χ1v) is 7.70. The van der Waals surface area contributed by atoms with E-state index in [2.05, 4.69) is 5.32 Å². The number of nitrogens with zero attached hydrogens (tertiary/aromatic N) is 2. The second kappa shape index (κ2) is 6.71. The minimum atomic E-state index is -0.0846. The molecule has 2 aromatic rings. The molecule has 0 bridgehead atoms. The molecule has 0 radical (unpaired) electrons. The fourth-order valence-corrected chi connectivity index (χ4v) is 2.59. The van der Waals surface area contributed by atoms with E-state index in [9.17, 15) is 4.79 Å². The molecule has 0 aliphatic carbocycles. The monoisotopic (exact) mass is 311 g/mol. The van der Waals surface area contributed by atoms with Crippen LogP contribution in [0.4, 0.5) is 16.2 Å². The van der Waals surface area contributed by atoms with Crippen LogP contribution in [0.25, 0.3) is 0 Å². The van der Waals surface area contributed by atoms with Crippen LogP contribution in [0.2, 0.25) is 0 Å². The first-order chi connectivity index (χ1) is 11.2. The van der Waals surface area contributed by atoms with Crippen LogP contribution in [0, 0.1) is 0 Å². The van der Waals surface area contributed by atoms with E-state index in [-0.39, 0.29) is 6.03 Å². The quantitative estimate of drug-likeness (QED) is 0.927. The molecule has 1 aliphatic rings. The molecule has 0 aromatic heterocycles. The van der Waals surface area contributed by atoms with Crippen LogP contribution in [-0.2, 0) is 6.54 Å². The molecule has 23 heavy (non-hydrogen) atoms. The second-order valence-electron chi connectivity index (χ2n) is 5.67.